The average Bonchev–Trinajstić information content (AvgIpc) is 2.35. The maximum absolute atomic E-state index is 11.9. The van der Waals surface area contributed by atoms with E-state index in [9.17, 15) is 4.79 Å². The van der Waals surface area contributed by atoms with Crippen molar-refractivity contribution in [2.75, 3.05) is 14.1 Å². The van der Waals surface area contributed by atoms with Crippen molar-refractivity contribution in [3.8, 4) is 0 Å². The molecule has 0 bridgehead atoms. The van der Waals surface area contributed by atoms with Crippen LogP contribution in [0.15, 0.2) is 35.5 Å². The second-order valence-corrected chi connectivity index (χ2v) is 4.00. The maximum Gasteiger partial charge on any atom is 0.233 e. The van der Waals surface area contributed by atoms with Crippen molar-refractivity contribution < 1.29 is 10.0 Å². The molecule has 1 rings (SSSR count). The first-order valence-electron chi connectivity index (χ1n) is 5.28. The van der Waals surface area contributed by atoms with Crippen LogP contribution in [-0.4, -0.2) is 35.9 Å². The number of amides is 1. The van der Waals surface area contributed by atoms with Crippen LogP contribution < -0.4 is 5.73 Å². The van der Waals surface area contributed by atoms with Crippen molar-refractivity contribution in [3.63, 3.8) is 0 Å². The first-order valence-corrected chi connectivity index (χ1v) is 5.28. The van der Waals surface area contributed by atoms with Gasteiger partial charge in [-0.3, -0.25) is 4.79 Å². The number of nitrogens with two attached hydrogens (primary N) is 1. The van der Waals surface area contributed by atoms with Crippen molar-refractivity contribution in [2.24, 2.45) is 16.8 Å². The number of oxime groups is 1. The number of hydrogen-bond donors (Lipinski definition) is 2. The van der Waals surface area contributed by atoms with Gasteiger partial charge in [0.2, 0.25) is 5.91 Å². The summed E-state index contributed by atoms with van der Waals surface area (Å²) < 4.78 is 0. The molecule has 5 heteroatoms. The third-order valence-corrected chi connectivity index (χ3v) is 2.49. The lowest BCUT2D eigenvalue weighted by Crippen LogP contribution is -2.39. The minimum Gasteiger partial charge on any atom is -0.409 e. The van der Waals surface area contributed by atoms with E-state index in [1.54, 1.807) is 14.1 Å². The summed E-state index contributed by atoms with van der Waals surface area (Å²) in [6.45, 7) is 0. The molecule has 0 saturated heterocycles. The van der Waals surface area contributed by atoms with Crippen LogP contribution in [0, 0.1) is 5.92 Å². The van der Waals surface area contributed by atoms with Crippen LogP contribution in [0.25, 0.3) is 0 Å². The molecular weight excluding hydrogens is 218 g/mol. The molecule has 1 amide bonds. The Morgan fingerprint density at radius 3 is 2.47 bits per heavy atom. The number of carbonyl (C=O) groups is 1. The minimum atomic E-state index is -0.627. The highest BCUT2D eigenvalue weighted by molar-refractivity contribution is 6.02. The Balaban J connectivity index is 2.89. The lowest BCUT2D eigenvalue weighted by molar-refractivity contribution is -0.130. The SMILES string of the molecule is CN(C)C(=O)C(Cc1ccccc1)C(N)=NO. The topological polar surface area (TPSA) is 78.9 Å². The third-order valence-electron chi connectivity index (χ3n) is 2.49. The van der Waals surface area contributed by atoms with Crippen LogP contribution in [0.2, 0.25) is 0 Å². The molecule has 3 N–H and O–H groups in total. The van der Waals surface area contributed by atoms with Crippen LogP contribution in [0.4, 0.5) is 0 Å². The predicted molar refractivity (Wildman–Crippen MR) is 65.7 cm³/mol. The van der Waals surface area contributed by atoms with E-state index in [2.05, 4.69) is 5.16 Å². The van der Waals surface area contributed by atoms with E-state index in [4.69, 9.17) is 10.9 Å². The molecule has 0 aliphatic carbocycles. The lowest BCUT2D eigenvalue weighted by Gasteiger charge is -2.19. The molecule has 0 saturated carbocycles. The van der Waals surface area contributed by atoms with Crippen LogP contribution in [0.1, 0.15) is 5.56 Å². The standard InChI is InChI=1S/C12H17N3O2/c1-15(2)12(16)10(11(13)14-17)8-9-6-4-3-5-7-9/h3-7,10,17H,8H2,1-2H3,(H2,13,14). The zero-order valence-corrected chi connectivity index (χ0v) is 10.00. The summed E-state index contributed by atoms with van der Waals surface area (Å²) in [5.74, 6) is -0.867. The van der Waals surface area contributed by atoms with E-state index in [-0.39, 0.29) is 11.7 Å². The Morgan fingerprint density at radius 2 is 2.00 bits per heavy atom. The van der Waals surface area contributed by atoms with E-state index in [0.29, 0.717) is 6.42 Å². The highest BCUT2D eigenvalue weighted by Gasteiger charge is 2.24. The van der Waals surface area contributed by atoms with Gasteiger partial charge < -0.3 is 15.8 Å². The van der Waals surface area contributed by atoms with E-state index >= 15 is 0 Å². The van der Waals surface area contributed by atoms with Crippen LogP contribution in [-0.2, 0) is 11.2 Å². The molecular formula is C12H17N3O2. The Hall–Kier alpha value is -2.04. The molecule has 1 atom stereocenters. The summed E-state index contributed by atoms with van der Waals surface area (Å²) >= 11 is 0. The molecule has 0 aliphatic rings. The molecule has 1 aromatic rings. The van der Waals surface area contributed by atoms with Gasteiger partial charge in [-0.15, -0.1) is 0 Å². The van der Waals surface area contributed by atoms with Gasteiger partial charge in [-0.05, 0) is 12.0 Å². The Labute approximate surface area is 101 Å². The summed E-state index contributed by atoms with van der Waals surface area (Å²) in [4.78, 5) is 13.3. The molecule has 0 aromatic heterocycles. The molecule has 0 fully saturated rings. The Morgan fingerprint density at radius 1 is 1.41 bits per heavy atom. The largest absolute Gasteiger partial charge is 0.409 e. The van der Waals surface area contributed by atoms with Gasteiger partial charge in [0.1, 0.15) is 5.92 Å². The summed E-state index contributed by atoms with van der Waals surface area (Å²) in [5, 5.41) is 11.6. The average molecular weight is 235 g/mol. The Kier molecular flexibility index (Phi) is 4.51. The van der Waals surface area contributed by atoms with Crippen molar-refractivity contribution in [3.05, 3.63) is 35.9 Å². The normalized spacial score (nSPS) is 13.2. The molecule has 0 aliphatic heterocycles. The number of benzene rings is 1. The van der Waals surface area contributed by atoms with Gasteiger partial charge in [-0.25, -0.2) is 0 Å². The van der Waals surface area contributed by atoms with Crippen molar-refractivity contribution >= 4 is 11.7 Å². The molecule has 17 heavy (non-hydrogen) atoms. The molecule has 5 nitrogen and oxygen atoms in total. The van der Waals surface area contributed by atoms with Gasteiger partial charge >= 0.3 is 0 Å². The number of hydrogen-bond acceptors (Lipinski definition) is 3. The minimum absolute atomic E-state index is 0.0625. The maximum atomic E-state index is 11.9. The fraction of sp³-hybridized carbons (Fsp3) is 0.333. The summed E-state index contributed by atoms with van der Waals surface area (Å²) in [7, 11) is 3.29. The highest BCUT2D eigenvalue weighted by atomic mass is 16.4. The van der Waals surface area contributed by atoms with Gasteiger partial charge in [-0.1, -0.05) is 35.5 Å². The first kappa shape index (κ1) is 13.0. The van der Waals surface area contributed by atoms with Gasteiger partial charge in [0.05, 0.1) is 0 Å². The molecule has 1 unspecified atom stereocenters. The predicted octanol–water partition coefficient (Wildman–Crippen LogP) is 0.680. The van der Waals surface area contributed by atoms with Crippen molar-refractivity contribution in [2.45, 2.75) is 6.42 Å². The fourth-order valence-electron chi connectivity index (χ4n) is 1.55. The molecule has 0 radical (unpaired) electrons. The number of carbonyl (C=O) groups excluding carboxylic acids is 1. The van der Waals surface area contributed by atoms with Gasteiger partial charge in [-0.2, -0.15) is 0 Å². The van der Waals surface area contributed by atoms with Crippen LogP contribution >= 0.6 is 0 Å². The molecule has 1 aromatic carbocycles. The van der Waals surface area contributed by atoms with Gasteiger partial charge in [0.25, 0.3) is 0 Å². The second kappa shape index (κ2) is 5.89. The molecule has 92 valence electrons. The quantitative estimate of drug-likeness (QED) is 0.348. The molecule has 0 spiro atoms. The third kappa shape index (κ3) is 3.48. The number of rotatable bonds is 4. The number of nitrogens with zero attached hydrogens (tertiary/aromatic N) is 2. The second-order valence-electron chi connectivity index (χ2n) is 4.00. The van der Waals surface area contributed by atoms with Crippen LogP contribution in [0.5, 0.6) is 0 Å². The fourth-order valence-corrected chi connectivity index (χ4v) is 1.55. The van der Waals surface area contributed by atoms with E-state index in [1.165, 1.54) is 4.90 Å². The Bertz CT molecular complexity index is 401. The van der Waals surface area contributed by atoms with E-state index < -0.39 is 5.92 Å². The van der Waals surface area contributed by atoms with E-state index in [0.717, 1.165) is 5.56 Å². The first-order chi connectivity index (χ1) is 8.06. The van der Waals surface area contributed by atoms with Crippen molar-refractivity contribution in [1.29, 1.82) is 0 Å². The highest BCUT2D eigenvalue weighted by Crippen LogP contribution is 2.11. The number of amidine groups is 1. The summed E-state index contributed by atoms with van der Waals surface area (Å²) in [6, 6.07) is 9.48. The van der Waals surface area contributed by atoms with E-state index in [1.807, 2.05) is 30.3 Å². The zero-order chi connectivity index (χ0) is 12.8. The van der Waals surface area contributed by atoms with Gasteiger partial charge in [0, 0.05) is 14.1 Å². The van der Waals surface area contributed by atoms with Crippen molar-refractivity contribution in [1.82, 2.24) is 4.90 Å². The van der Waals surface area contributed by atoms with Gasteiger partial charge in [0.15, 0.2) is 5.84 Å². The summed E-state index contributed by atoms with van der Waals surface area (Å²) in [5.41, 5.74) is 6.53. The smallest absolute Gasteiger partial charge is 0.233 e. The summed E-state index contributed by atoms with van der Waals surface area (Å²) in [6.07, 6.45) is 0.424. The zero-order valence-electron chi connectivity index (χ0n) is 10.00. The lowest BCUT2D eigenvalue weighted by atomic mass is 9.97. The monoisotopic (exact) mass is 235 g/mol. The molecule has 0 heterocycles. The van der Waals surface area contributed by atoms with Crippen LogP contribution in [0.3, 0.4) is 0 Å².